The van der Waals surface area contributed by atoms with Gasteiger partial charge in [-0.05, 0) is 31.4 Å². The first kappa shape index (κ1) is 13.8. The van der Waals surface area contributed by atoms with Gasteiger partial charge in [-0.25, -0.2) is 4.98 Å². The minimum atomic E-state index is -0.0646. The first-order valence-corrected chi connectivity index (χ1v) is 6.88. The summed E-state index contributed by atoms with van der Waals surface area (Å²) < 4.78 is 0. The van der Waals surface area contributed by atoms with Crippen LogP contribution >= 0.6 is 0 Å². The van der Waals surface area contributed by atoms with Crippen molar-refractivity contribution in [1.29, 1.82) is 0 Å². The van der Waals surface area contributed by atoms with Crippen LogP contribution in [-0.4, -0.2) is 41.7 Å². The minimum absolute atomic E-state index is 0.0646. The Hall–Kier alpha value is -1.62. The number of aliphatic hydroxyl groups excluding tert-OH is 1. The predicted octanol–water partition coefficient (Wildman–Crippen LogP) is 1.18. The van der Waals surface area contributed by atoms with E-state index in [4.69, 9.17) is 0 Å². The molecule has 1 aliphatic heterocycles. The molecule has 1 atom stereocenters. The fraction of sp³-hybridized carbons (Fsp3) is 0.571. The molecule has 1 aromatic rings. The molecular formula is C14H21N3O2. The average molecular weight is 263 g/mol. The molecule has 2 N–H and O–H groups in total. The van der Waals surface area contributed by atoms with Gasteiger partial charge in [0.25, 0.3) is 5.91 Å². The van der Waals surface area contributed by atoms with Gasteiger partial charge >= 0.3 is 0 Å². The average Bonchev–Trinajstić information content (AvgIpc) is 2.93. The molecule has 0 spiro atoms. The molecule has 2 rings (SSSR count). The highest BCUT2D eigenvalue weighted by molar-refractivity contribution is 5.94. The van der Waals surface area contributed by atoms with Crippen LogP contribution in [0.3, 0.4) is 0 Å². The Kier molecular flexibility index (Phi) is 4.74. The molecular weight excluding hydrogens is 242 g/mol. The molecule has 5 heteroatoms. The zero-order chi connectivity index (χ0) is 13.7. The van der Waals surface area contributed by atoms with Crippen molar-refractivity contribution in [3.63, 3.8) is 0 Å². The second kappa shape index (κ2) is 6.52. The summed E-state index contributed by atoms with van der Waals surface area (Å²) >= 11 is 0. The van der Waals surface area contributed by atoms with Crippen LogP contribution in [0.5, 0.6) is 0 Å². The van der Waals surface area contributed by atoms with Gasteiger partial charge < -0.3 is 15.3 Å². The molecule has 104 valence electrons. The van der Waals surface area contributed by atoms with Gasteiger partial charge in [0.1, 0.15) is 5.82 Å². The Morgan fingerprint density at radius 3 is 3.21 bits per heavy atom. The lowest BCUT2D eigenvalue weighted by molar-refractivity contribution is 0.0953. The summed E-state index contributed by atoms with van der Waals surface area (Å²) in [7, 11) is 0. The zero-order valence-corrected chi connectivity index (χ0v) is 11.3. The highest BCUT2D eigenvalue weighted by Gasteiger charge is 2.25. The van der Waals surface area contributed by atoms with Gasteiger partial charge in [0.05, 0.1) is 12.6 Å². The first-order chi connectivity index (χ1) is 9.26. The summed E-state index contributed by atoms with van der Waals surface area (Å²) in [5.41, 5.74) is 0.627. The Morgan fingerprint density at radius 1 is 1.63 bits per heavy atom. The van der Waals surface area contributed by atoms with Crippen LogP contribution in [0.25, 0.3) is 0 Å². The summed E-state index contributed by atoms with van der Waals surface area (Å²) in [5, 5.41) is 12.2. The number of nitrogens with one attached hydrogen (secondary N) is 1. The van der Waals surface area contributed by atoms with E-state index in [1.807, 2.05) is 6.92 Å². The maximum atomic E-state index is 11.9. The van der Waals surface area contributed by atoms with E-state index in [2.05, 4.69) is 15.2 Å². The number of hydrogen-bond acceptors (Lipinski definition) is 4. The molecule has 0 radical (unpaired) electrons. The van der Waals surface area contributed by atoms with Crippen molar-refractivity contribution >= 4 is 11.7 Å². The molecule has 1 aliphatic rings. The number of rotatable bonds is 5. The van der Waals surface area contributed by atoms with Crippen molar-refractivity contribution in [3.05, 3.63) is 23.9 Å². The van der Waals surface area contributed by atoms with Crippen molar-refractivity contribution in [3.8, 4) is 0 Å². The predicted molar refractivity (Wildman–Crippen MR) is 74.3 cm³/mol. The van der Waals surface area contributed by atoms with Crippen LogP contribution in [0.2, 0.25) is 0 Å². The summed E-state index contributed by atoms with van der Waals surface area (Å²) in [5.74, 6) is 0.714. The number of aliphatic hydroxyl groups is 1. The SMILES string of the molecule is CCCNC(=O)c1ccnc(N2CCCC2CO)c1. The summed E-state index contributed by atoms with van der Waals surface area (Å²) in [6.07, 6.45) is 4.61. The molecule has 2 heterocycles. The Balaban J connectivity index is 2.12. The molecule has 1 unspecified atom stereocenters. The quantitative estimate of drug-likeness (QED) is 0.837. The Bertz CT molecular complexity index is 436. The summed E-state index contributed by atoms with van der Waals surface area (Å²) in [6.45, 7) is 3.72. The first-order valence-electron chi connectivity index (χ1n) is 6.88. The van der Waals surface area contributed by atoms with Crippen LogP contribution in [-0.2, 0) is 0 Å². The number of nitrogens with zero attached hydrogens (tertiary/aromatic N) is 2. The molecule has 1 aromatic heterocycles. The van der Waals surface area contributed by atoms with Crippen molar-refractivity contribution in [2.24, 2.45) is 0 Å². The lowest BCUT2D eigenvalue weighted by Gasteiger charge is -2.24. The Labute approximate surface area is 113 Å². The number of aromatic nitrogens is 1. The largest absolute Gasteiger partial charge is 0.394 e. The normalized spacial score (nSPS) is 18.6. The monoisotopic (exact) mass is 263 g/mol. The van der Waals surface area contributed by atoms with E-state index in [-0.39, 0.29) is 18.6 Å². The van der Waals surface area contributed by atoms with E-state index >= 15 is 0 Å². The van der Waals surface area contributed by atoms with Crippen LogP contribution < -0.4 is 10.2 Å². The van der Waals surface area contributed by atoms with Crippen molar-refractivity contribution in [1.82, 2.24) is 10.3 Å². The van der Waals surface area contributed by atoms with Crippen LogP contribution in [0.4, 0.5) is 5.82 Å². The highest BCUT2D eigenvalue weighted by Crippen LogP contribution is 2.23. The lowest BCUT2D eigenvalue weighted by atomic mass is 10.2. The Morgan fingerprint density at radius 2 is 2.47 bits per heavy atom. The second-order valence-electron chi connectivity index (χ2n) is 4.83. The van der Waals surface area contributed by atoms with Gasteiger partial charge in [0.2, 0.25) is 0 Å². The van der Waals surface area contributed by atoms with Crippen molar-refractivity contribution < 1.29 is 9.90 Å². The van der Waals surface area contributed by atoms with E-state index in [1.165, 1.54) is 0 Å². The minimum Gasteiger partial charge on any atom is -0.394 e. The number of carbonyl (C=O) groups excluding carboxylic acids is 1. The fourth-order valence-electron chi connectivity index (χ4n) is 2.38. The zero-order valence-electron chi connectivity index (χ0n) is 11.3. The van der Waals surface area contributed by atoms with Crippen LogP contribution in [0.15, 0.2) is 18.3 Å². The van der Waals surface area contributed by atoms with Gasteiger partial charge in [0, 0.05) is 24.8 Å². The van der Waals surface area contributed by atoms with Gasteiger partial charge in [-0.15, -0.1) is 0 Å². The standard InChI is InChI=1S/C14H21N3O2/c1-2-6-16-14(19)11-5-7-15-13(9-11)17-8-3-4-12(17)10-18/h5,7,9,12,18H,2-4,6,8,10H2,1H3,(H,16,19). The van der Waals surface area contributed by atoms with E-state index in [1.54, 1.807) is 18.3 Å². The van der Waals surface area contributed by atoms with Gasteiger partial charge in [0.15, 0.2) is 0 Å². The topological polar surface area (TPSA) is 65.5 Å². The maximum Gasteiger partial charge on any atom is 0.251 e. The molecule has 1 fully saturated rings. The third-order valence-corrected chi connectivity index (χ3v) is 3.43. The van der Waals surface area contributed by atoms with E-state index < -0.39 is 0 Å². The molecule has 1 amide bonds. The van der Waals surface area contributed by atoms with Gasteiger partial charge in [-0.2, -0.15) is 0 Å². The summed E-state index contributed by atoms with van der Waals surface area (Å²) in [6, 6.07) is 3.65. The van der Waals surface area contributed by atoms with E-state index in [0.717, 1.165) is 31.6 Å². The van der Waals surface area contributed by atoms with Crippen molar-refractivity contribution in [2.45, 2.75) is 32.2 Å². The van der Waals surface area contributed by atoms with Crippen molar-refractivity contribution in [2.75, 3.05) is 24.6 Å². The number of carbonyl (C=O) groups is 1. The van der Waals surface area contributed by atoms with Gasteiger partial charge in [-0.3, -0.25) is 4.79 Å². The number of amides is 1. The molecule has 0 aliphatic carbocycles. The molecule has 5 nitrogen and oxygen atoms in total. The fourth-order valence-corrected chi connectivity index (χ4v) is 2.38. The third-order valence-electron chi connectivity index (χ3n) is 3.43. The third kappa shape index (κ3) is 3.23. The number of anilines is 1. The number of pyridine rings is 1. The summed E-state index contributed by atoms with van der Waals surface area (Å²) in [4.78, 5) is 18.3. The van der Waals surface area contributed by atoms with E-state index in [0.29, 0.717) is 12.1 Å². The number of hydrogen-bond donors (Lipinski definition) is 2. The molecule has 0 saturated carbocycles. The highest BCUT2D eigenvalue weighted by atomic mass is 16.3. The van der Waals surface area contributed by atoms with Crippen LogP contribution in [0, 0.1) is 0 Å². The smallest absolute Gasteiger partial charge is 0.251 e. The maximum absolute atomic E-state index is 11.9. The molecule has 0 bridgehead atoms. The second-order valence-corrected chi connectivity index (χ2v) is 4.83. The molecule has 19 heavy (non-hydrogen) atoms. The lowest BCUT2D eigenvalue weighted by Crippen LogP contribution is -2.33. The van der Waals surface area contributed by atoms with E-state index in [9.17, 15) is 9.90 Å². The van der Waals surface area contributed by atoms with Crippen LogP contribution in [0.1, 0.15) is 36.5 Å². The molecule has 0 aromatic carbocycles. The molecule has 1 saturated heterocycles. The van der Waals surface area contributed by atoms with Gasteiger partial charge in [-0.1, -0.05) is 6.92 Å².